The van der Waals surface area contributed by atoms with E-state index in [2.05, 4.69) is 0 Å². The van der Waals surface area contributed by atoms with E-state index in [0.29, 0.717) is 12.1 Å². The highest BCUT2D eigenvalue weighted by Crippen LogP contribution is 2.16. The first-order chi connectivity index (χ1) is 6.50. The number of rotatable bonds is 3. The molecule has 1 aromatic rings. The van der Waals surface area contributed by atoms with Crippen molar-refractivity contribution in [3.05, 3.63) is 29.6 Å². The summed E-state index contributed by atoms with van der Waals surface area (Å²) in [5, 5.41) is 1.47. The SMILES string of the molecule is CN(C)Cc1cc(N(C)N)ccc1F. The van der Waals surface area contributed by atoms with Gasteiger partial charge in [-0.05, 0) is 32.3 Å². The van der Waals surface area contributed by atoms with E-state index < -0.39 is 0 Å². The minimum absolute atomic E-state index is 0.190. The summed E-state index contributed by atoms with van der Waals surface area (Å²) in [6.45, 7) is 0.577. The normalized spacial score (nSPS) is 10.7. The molecule has 0 aromatic heterocycles. The minimum Gasteiger partial charge on any atom is -0.314 e. The van der Waals surface area contributed by atoms with Crippen molar-refractivity contribution in [1.29, 1.82) is 0 Å². The number of halogens is 1. The van der Waals surface area contributed by atoms with E-state index in [1.54, 1.807) is 19.2 Å². The van der Waals surface area contributed by atoms with Crippen molar-refractivity contribution in [2.24, 2.45) is 5.84 Å². The molecule has 0 unspecified atom stereocenters. The first kappa shape index (κ1) is 10.9. The lowest BCUT2D eigenvalue weighted by atomic mass is 10.2. The second kappa shape index (κ2) is 4.39. The Morgan fingerprint density at radius 1 is 1.29 bits per heavy atom. The van der Waals surface area contributed by atoms with Crippen molar-refractivity contribution in [2.45, 2.75) is 6.54 Å². The lowest BCUT2D eigenvalue weighted by Gasteiger charge is -2.15. The Balaban J connectivity index is 2.96. The summed E-state index contributed by atoms with van der Waals surface area (Å²) in [6.07, 6.45) is 0. The summed E-state index contributed by atoms with van der Waals surface area (Å²) >= 11 is 0. The molecular weight excluding hydrogens is 181 g/mol. The standard InChI is InChI=1S/C10H16FN3/c1-13(2)7-8-6-9(14(3)12)4-5-10(8)11/h4-6H,7,12H2,1-3H3. The molecule has 0 radical (unpaired) electrons. The zero-order chi connectivity index (χ0) is 10.7. The quantitative estimate of drug-likeness (QED) is 0.583. The average molecular weight is 197 g/mol. The van der Waals surface area contributed by atoms with E-state index in [1.165, 1.54) is 11.1 Å². The van der Waals surface area contributed by atoms with Crippen LogP contribution in [0.4, 0.5) is 10.1 Å². The van der Waals surface area contributed by atoms with Gasteiger partial charge in [-0.15, -0.1) is 0 Å². The molecule has 1 rings (SSSR count). The van der Waals surface area contributed by atoms with E-state index in [9.17, 15) is 4.39 Å². The van der Waals surface area contributed by atoms with Crippen LogP contribution in [0.1, 0.15) is 5.56 Å². The van der Waals surface area contributed by atoms with Gasteiger partial charge in [-0.1, -0.05) is 0 Å². The van der Waals surface area contributed by atoms with E-state index in [-0.39, 0.29) is 5.82 Å². The predicted molar refractivity (Wildman–Crippen MR) is 56.4 cm³/mol. The fourth-order valence-corrected chi connectivity index (χ4v) is 1.24. The number of anilines is 1. The zero-order valence-electron chi connectivity index (χ0n) is 8.79. The Morgan fingerprint density at radius 2 is 1.93 bits per heavy atom. The van der Waals surface area contributed by atoms with Crippen LogP contribution in [0.3, 0.4) is 0 Å². The molecule has 0 aliphatic rings. The molecule has 0 heterocycles. The Labute approximate surface area is 83.9 Å². The molecular formula is C10H16FN3. The maximum Gasteiger partial charge on any atom is 0.127 e. The molecule has 0 fully saturated rings. The third kappa shape index (κ3) is 2.68. The van der Waals surface area contributed by atoms with Gasteiger partial charge in [-0.3, -0.25) is 0 Å². The molecule has 2 N–H and O–H groups in total. The minimum atomic E-state index is -0.190. The summed E-state index contributed by atoms with van der Waals surface area (Å²) in [7, 11) is 5.53. The van der Waals surface area contributed by atoms with Crippen LogP contribution in [0, 0.1) is 5.82 Å². The van der Waals surface area contributed by atoms with Crippen LogP contribution in [0.25, 0.3) is 0 Å². The van der Waals surface area contributed by atoms with Crippen molar-refractivity contribution in [1.82, 2.24) is 4.90 Å². The smallest absolute Gasteiger partial charge is 0.127 e. The van der Waals surface area contributed by atoms with Gasteiger partial charge < -0.3 is 9.91 Å². The average Bonchev–Trinajstić information content (AvgIpc) is 2.07. The van der Waals surface area contributed by atoms with E-state index in [4.69, 9.17) is 5.84 Å². The van der Waals surface area contributed by atoms with Crippen LogP contribution in [-0.2, 0) is 6.54 Å². The fraction of sp³-hybridized carbons (Fsp3) is 0.400. The number of benzene rings is 1. The molecule has 4 heteroatoms. The Hall–Kier alpha value is -1.13. The summed E-state index contributed by atoms with van der Waals surface area (Å²) < 4.78 is 13.3. The maximum absolute atomic E-state index is 13.3. The summed E-state index contributed by atoms with van der Waals surface area (Å²) in [5.41, 5.74) is 1.47. The van der Waals surface area contributed by atoms with Crippen molar-refractivity contribution in [2.75, 3.05) is 26.2 Å². The van der Waals surface area contributed by atoms with Crippen molar-refractivity contribution in [3.63, 3.8) is 0 Å². The van der Waals surface area contributed by atoms with E-state index in [0.717, 1.165) is 5.69 Å². The Kier molecular flexibility index (Phi) is 3.43. The maximum atomic E-state index is 13.3. The molecule has 0 atom stereocenters. The van der Waals surface area contributed by atoms with Crippen LogP contribution in [0.15, 0.2) is 18.2 Å². The summed E-state index contributed by atoms with van der Waals surface area (Å²) in [4.78, 5) is 1.92. The van der Waals surface area contributed by atoms with E-state index in [1.807, 2.05) is 19.0 Å². The van der Waals surface area contributed by atoms with Gasteiger partial charge in [0.1, 0.15) is 5.82 Å². The third-order valence-corrected chi connectivity index (χ3v) is 1.92. The number of nitrogens with two attached hydrogens (primary N) is 1. The van der Waals surface area contributed by atoms with Crippen molar-refractivity contribution < 1.29 is 4.39 Å². The van der Waals surface area contributed by atoms with Crippen LogP contribution in [-0.4, -0.2) is 26.0 Å². The first-order valence-corrected chi connectivity index (χ1v) is 4.42. The van der Waals surface area contributed by atoms with Gasteiger partial charge in [0.15, 0.2) is 0 Å². The molecule has 0 spiro atoms. The van der Waals surface area contributed by atoms with Gasteiger partial charge in [0, 0.05) is 19.2 Å². The number of hydrazine groups is 1. The van der Waals surface area contributed by atoms with Gasteiger partial charge in [0.05, 0.1) is 5.69 Å². The topological polar surface area (TPSA) is 32.5 Å². The zero-order valence-corrected chi connectivity index (χ0v) is 8.79. The lowest BCUT2D eigenvalue weighted by molar-refractivity contribution is 0.392. The highest BCUT2D eigenvalue weighted by atomic mass is 19.1. The van der Waals surface area contributed by atoms with Gasteiger partial charge >= 0.3 is 0 Å². The fourth-order valence-electron chi connectivity index (χ4n) is 1.24. The first-order valence-electron chi connectivity index (χ1n) is 4.42. The van der Waals surface area contributed by atoms with Crippen LogP contribution in [0.5, 0.6) is 0 Å². The number of nitrogens with zero attached hydrogens (tertiary/aromatic N) is 2. The molecule has 1 aromatic carbocycles. The number of hydrogen-bond acceptors (Lipinski definition) is 3. The summed E-state index contributed by atoms with van der Waals surface area (Å²) in [5.74, 6) is 5.37. The monoisotopic (exact) mass is 197 g/mol. The second-order valence-corrected chi connectivity index (χ2v) is 3.62. The molecule has 0 aliphatic heterocycles. The van der Waals surface area contributed by atoms with Gasteiger partial charge in [0.25, 0.3) is 0 Å². The van der Waals surface area contributed by atoms with Crippen LogP contribution < -0.4 is 10.9 Å². The second-order valence-electron chi connectivity index (χ2n) is 3.62. The van der Waals surface area contributed by atoms with Gasteiger partial charge in [0.2, 0.25) is 0 Å². The molecule has 0 saturated heterocycles. The molecule has 78 valence electrons. The van der Waals surface area contributed by atoms with Gasteiger partial charge in [-0.25, -0.2) is 10.2 Å². The predicted octanol–water partition coefficient (Wildman–Crippen LogP) is 1.20. The number of hydrogen-bond donors (Lipinski definition) is 1. The molecule has 3 nitrogen and oxygen atoms in total. The Morgan fingerprint density at radius 3 is 2.43 bits per heavy atom. The summed E-state index contributed by atoms with van der Waals surface area (Å²) in [6, 6.07) is 4.86. The van der Waals surface area contributed by atoms with Crippen LogP contribution in [0.2, 0.25) is 0 Å². The molecule has 0 bridgehead atoms. The van der Waals surface area contributed by atoms with Crippen molar-refractivity contribution >= 4 is 5.69 Å². The largest absolute Gasteiger partial charge is 0.314 e. The highest BCUT2D eigenvalue weighted by molar-refractivity contribution is 5.46. The molecule has 0 saturated carbocycles. The Bertz CT molecular complexity index is 310. The molecule has 0 aliphatic carbocycles. The molecule has 0 amide bonds. The van der Waals surface area contributed by atoms with E-state index >= 15 is 0 Å². The van der Waals surface area contributed by atoms with Gasteiger partial charge in [-0.2, -0.15) is 0 Å². The lowest BCUT2D eigenvalue weighted by Crippen LogP contribution is -2.25. The third-order valence-electron chi connectivity index (χ3n) is 1.92. The highest BCUT2D eigenvalue weighted by Gasteiger charge is 2.05. The molecule has 14 heavy (non-hydrogen) atoms. The van der Waals surface area contributed by atoms with Crippen molar-refractivity contribution in [3.8, 4) is 0 Å². The van der Waals surface area contributed by atoms with Crippen LogP contribution >= 0.6 is 0 Å².